The molecule has 0 aliphatic carbocycles. The van der Waals surface area contributed by atoms with Crippen molar-refractivity contribution in [2.75, 3.05) is 25.5 Å². The number of rotatable bonds is 7. The first-order chi connectivity index (χ1) is 17.6. The van der Waals surface area contributed by atoms with E-state index in [2.05, 4.69) is 10.3 Å². The Balaban J connectivity index is 1.39. The Bertz CT molecular complexity index is 1270. The number of allylic oxidation sites excluding steroid dienone is 1. The summed E-state index contributed by atoms with van der Waals surface area (Å²) in [7, 11) is 1.52. The number of aromatic nitrogens is 1. The molecule has 0 unspecified atom stereocenters. The van der Waals surface area contributed by atoms with Crippen LogP contribution in [0.25, 0.3) is 0 Å². The van der Waals surface area contributed by atoms with Crippen LogP contribution in [0, 0.1) is 23.4 Å². The number of benzene rings is 1. The average Bonchev–Trinajstić information content (AvgIpc) is 2.88. The largest absolute Gasteiger partial charge is 0.453 e. The Morgan fingerprint density at radius 1 is 1.24 bits per heavy atom. The van der Waals surface area contributed by atoms with E-state index in [1.54, 1.807) is 31.1 Å². The number of ether oxygens (including phenoxy) is 1. The quantitative estimate of drug-likeness (QED) is 0.204. The van der Waals surface area contributed by atoms with Crippen LogP contribution in [0.3, 0.4) is 0 Å². The Morgan fingerprint density at radius 3 is 2.65 bits per heavy atom. The molecule has 1 saturated heterocycles. The van der Waals surface area contributed by atoms with Gasteiger partial charge in [0.15, 0.2) is 23.2 Å². The molecule has 1 aromatic heterocycles. The van der Waals surface area contributed by atoms with Crippen molar-refractivity contribution in [1.29, 1.82) is 0 Å². The molecule has 3 heterocycles. The lowest BCUT2D eigenvalue weighted by atomic mass is 9.86. The summed E-state index contributed by atoms with van der Waals surface area (Å²) in [5.74, 6) is -8.43. The van der Waals surface area contributed by atoms with E-state index in [-0.39, 0.29) is 31.1 Å². The molecule has 0 spiro atoms. The van der Waals surface area contributed by atoms with Crippen LogP contribution in [0.4, 0.5) is 27.8 Å². The number of anilines is 1. The maximum absolute atomic E-state index is 14.8. The second-order valence-electron chi connectivity index (χ2n) is 8.38. The number of amides is 1. The molecular weight excluding hydrogens is 614 g/mol. The van der Waals surface area contributed by atoms with Gasteiger partial charge < -0.3 is 10.1 Å². The minimum Gasteiger partial charge on any atom is -0.453 e. The molecule has 1 amide bonds. The lowest BCUT2D eigenvalue weighted by molar-refractivity contribution is -0.614. The van der Waals surface area contributed by atoms with Crippen LogP contribution < -0.4 is 10.1 Å². The van der Waals surface area contributed by atoms with E-state index in [1.807, 2.05) is 0 Å². The van der Waals surface area contributed by atoms with Gasteiger partial charge >= 0.3 is 0 Å². The molecule has 0 bridgehead atoms. The van der Waals surface area contributed by atoms with E-state index >= 15 is 0 Å². The van der Waals surface area contributed by atoms with Crippen LogP contribution in [0.2, 0.25) is 0 Å². The number of carbonyl (C=O) groups excluding carboxylic acids is 1. The molecule has 2 aliphatic rings. The molecular formula is C24H23F5IN4O3+. The fourth-order valence-electron chi connectivity index (χ4n) is 3.86. The Labute approximate surface area is 219 Å². The maximum atomic E-state index is 14.8. The lowest BCUT2D eigenvalue weighted by Crippen LogP contribution is -2.53. The summed E-state index contributed by atoms with van der Waals surface area (Å²) in [6, 6.07) is 2.97. The normalized spacial score (nSPS) is 20.2. The number of hydrogen-bond donors (Lipinski definition) is 1. The topological polar surface area (TPSA) is 66.7 Å². The highest BCUT2D eigenvalue weighted by Crippen LogP contribution is 2.39. The molecule has 2 aliphatic heterocycles. The van der Waals surface area contributed by atoms with Gasteiger partial charge in [-0.25, -0.2) is 26.9 Å². The predicted molar refractivity (Wildman–Crippen MR) is 135 cm³/mol. The van der Waals surface area contributed by atoms with Gasteiger partial charge in [-0.1, -0.05) is 0 Å². The highest BCUT2D eigenvalue weighted by Gasteiger charge is 2.47. The molecule has 37 heavy (non-hydrogen) atoms. The van der Waals surface area contributed by atoms with Crippen LogP contribution in [-0.2, 0) is 9.63 Å². The van der Waals surface area contributed by atoms with E-state index in [0.29, 0.717) is 17.7 Å². The standard InChI is InChI=1S/C24H22F5IN4O3/c1-14(33-8-6-24(28,29)17(13-33)15-5-7-34(36-2)30-11-15)23(35)32-22-4-3-16(12-31-22)37-21-10-19(26)18(25)9-20(21)27/h3-5,7,9-12,14,17H,6,8,13H2,1-2H3/p+1/t14-,17+/m0/s1. The first-order valence-corrected chi connectivity index (χ1v) is 13.3. The summed E-state index contributed by atoms with van der Waals surface area (Å²) < 4.78 is 78.4. The molecule has 0 saturated carbocycles. The summed E-state index contributed by atoms with van der Waals surface area (Å²) in [4.78, 5) is 23.7. The molecule has 13 heteroatoms. The zero-order valence-electron chi connectivity index (χ0n) is 19.7. The second kappa shape index (κ2) is 11.2. The van der Waals surface area contributed by atoms with Gasteiger partial charge in [-0.3, -0.25) is 14.5 Å². The van der Waals surface area contributed by atoms with Crippen molar-refractivity contribution in [2.24, 2.45) is 5.92 Å². The SMILES string of the molecule is CO[N+]1=CC=C([C@H]2CN([C@@H](C)C(=O)Nc3ccc(Oc4cc(F)c(F)cc4F)cn3)CCC2(F)F)C=I1. The van der Waals surface area contributed by atoms with Gasteiger partial charge in [0.2, 0.25) is 12.1 Å². The number of halogens is 6. The van der Waals surface area contributed by atoms with Crippen LogP contribution in [0.5, 0.6) is 11.5 Å². The van der Waals surface area contributed by atoms with E-state index in [1.165, 1.54) is 25.4 Å². The molecule has 2 aromatic rings. The fraction of sp³-hybridized carbons (Fsp3) is 0.333. The number of alkyl halides is 2. The van der Waals surface area contributed by atoms with Gasteiger partial charge in [-0.05, 0) is 24.6 Å². The van der Waals surface area contributed by atoms with Crippen molar-refractivity contribution < 1.29 is 39.3 Å². The summed E-state index contributed by atoms with van der Waals surface area (Å²) in [5.41, 5.74) is 0.540. The van der Waals surface area contributed by atoms with Gasteiger partial charge in [0.1, 0.15) is 18.7 Å². The number of likely N-dealkylation sites (tertiary alicyclic amines) is 1. The summed E-state index contributed by atoms with van der Waals surface area (Å²) in [6.45, 7) is 1.69. The Kier molecular flexibility index (Phi) is 8.21. The van der Waals surface area contributed by atoms with Crippen molar-refractivity contribution >= 4 is 43.0 Å². The van der Waals surface area contributed by atoms with E-state index in [9.17, 15) is 26.7 Å². The summed E-state index contributed by atoms with van der Waals surface area (Å²) in [5, 5.41) is 2.62. The number of pyridine rings is 1. The number of piperidine rings is 1. The van der Waals surface area contributed by atoms with Crippen molar-refractivity contribution in [3.63, 3.8) is 0 Å². The van der Waals surface area contributed by atoms with Crippen LogP contribution in [-0.4, -0.2) is 61.1 Å². The van der Waals surface area contributed by atoms with Gasteiger partial charge in [0, 0.05) is 44.7 Å². The number of hydrogen-bond acceptors (Lipinski definition) is 5. The molecule has 4 rings (SSSR count). The lowest BCUT2D eigenvalue weighted by Gasteiger charge is -2.41. The Morgan fingerprint density at radius 2 is 2.00 bits per heavy atom. The second-order valence-corrected chi connectivity index (χ2v) is 10.5. The van der Waals surface area contributed by atoms with Crippen LogP contribution in [0.1, 0.15) is 13.3 Å². The number of carbonyl (C=O) groups is 1. The third kappa shape index (κ3) is 6.32. The van der Waals surface area contributed by atoms with Crippen molar-refractivity contribution in [2.45, 2.75) is 25.3 Å². The van der Waals surface area contributed by atoms with E-state index in [0.717, 1.165) is 0 Å². The van der Waals surface area contributed by atoms with Gasteiger partial charge in [-0.15, -0.1) is 0 Å². The maximum Gasteiger partial charge on any atom is 0.293 e. The molecule has 1 aromatic carbocycles. The fourth-order valence-corrected chi connectivity index (χ4v) is 5.67. The monoisotopic (exact) mass is 637 g/mol. The molecule has 198 valence electrons. The first kappa shape index (κ1) is 27.1. The van der Waals surface area contributed by atoms with E-state index < -0.39 is 68.0 Å². The third-order valence-corrected chi connectivity index (χ3v) is 8.27. The number of nitrogens with one attached hydrogen (secondary N) is 1. The molecule has 1 fully saturated rings. The van der Waals surface area contributed by atoms with Gasteiger partial charge in [0.25, 0.3) is 26.9 Å². The molecule has 1 N–H and O–H groups in total. The van der Waals surface area contributed by atoms with Crippen LogP contribution in [0.15, 0.2) is 42.1 Å². The smallest absolute Gasteiger partial charge is 0.293 e. The highest BCUT2D eigenvalue weighted by molar-refractivity contribution is 14.1. The van der Waals surface area contributed by atoms with Gasteiger partial charge in [-0.2, -0.15) is 0 Å². The van der Waals surface area contributed by atoms with Crippen molar-refractivity contribution in [1.82, 2.24) is 9.88 Å². The first-order valence-electron chi connectivity index (χ1n) is 11.1. The third-order valence-electron chi connectivity index (χ3n) is 6.01. The summed E-state index contributed by atoms with van der Waals surface area (Å²) in [6.07, 6.45) is 4.07. The highest BCUT2D eigenvalue weighted by atomic mass is 127. The predicted octanol–water partition coefficient (Wildman–Crippen LogP) is 4.85. The van der Waals surface area contributed by atoms with Crippen molar-refractivity contribution in [3.8, 4) is 11.5 Å². The van der Waals surface area contributed by atoms with Gasteiger partial charge in [0.05, 0.1) is 18.2 Å². The summed E-state index contributed by atoms with van der Waals surface area (Å²) >= 11 is -0.706. The minimum atomic E-state index is -2.90. The molecule has 2 atom stereocenters. The van der Waals surface area contributed by atoms with Crippen LogP contribution >= 0.6 is 21.0 Å². The minimum absolute atomic E-state index is 0.00842. The number of nitrogens with zero attached hydrogens (tertiary/aromatic N) is 3. The zero-order chi connectivity index (χ0) is 26.7. The molecule has 0 radical (unpaired) electrons. The van der Waals surface area contributed by atoms with E-state index in [4.69, 9.17) is 9.57 Å². The van der Waals surface area contributed by atoms with Crippen molar-refractivity contribution in [3.05, 3.63) is 59.6 Å². The zero-order valence-corrected chi connectivity index (χ0v) is 21.9. The molecule has 7 nitrogen and oxygen atoms in total. The Hall–Kier alpha value is -2.94. The average molecular weight is 637 g/mol.